The molecule has 0 spiro atoms. The Morgan fingerprint density at radius 1 is 1.20 bits per heavy atom. The molecule has 1 aromatic rings. The van der Waals surface area contributed by atoms with E-state index in [-0.39, 0.29) is 44.5 Å². The molecular formula is C18H22N2O5. The molecule has 2 fully saturated rings. The number of benzene rings is 1. The van der Waals surface area contributed by atoms with Gasteiger partial charge in [-0.25, -0.2) is 0 Å². The molecule has 1 aromatic carbocycles. The molecule has 2 atom stereocenters. The van der Waals surface area contributed by atoms with Crippen molar-refractivity contribution in [1.82, 2.24) is 9.80 Å². The highest BCUT2D eigenvalue weighted by atomic mass is 16.4. The lowest BCUT2D eigenvalue weighted by atomic mass is 9.81. The Morgan fingerprint density at radius 2 is 1.84 bits per heavy atom. The predicted octanol–water partition coefficient (Wildman–Crippen LogP) is 0.113. The van der Waals surface area contributed by atoms with Gasteiger partial charge in [0.25, 0.3) is 0 Å². The third-order valence-corrected chi connectivity index (χ3v) is 5.35. The van der Waals surface area contributed by atoms with E-state index < -0.39 is 17.3 Å². The van der Waals surface area contributed by atoms with Crippen LogP contribution >= 0.6 is 0 Å². The third-order valence-electron chi connectivity index (χ3n) is 5.35. The molecule has 0 unspecified atom stereocenters. The van der Waals surface area contributed by atoms with E-state index in [1.54, 1.807) is 29.2 Å². The Labute approximate surface area is 145 Å². The predicted molar refractivity (Wildman–Crippen MR) is 88.5 cm³/mol. The zero-order valence-corrected chi connectivity index (χ0v) is 14.1. The molecule has 0 radical (unpaired) electrons. The molecule has 7 heteroatoms. The Kier molecular flexibility index (Phi) is 4.51. The molecule has 2 amide bonds. The summed E-state index contributed by atoms with van der Waals surface area (Å²) in [7, 11) is 0. The van der Waals surface area contributed by atoms with Crippen LogP contribution < -0.4 is 0 Å². The summed E-state index contributed by atoms with van der Waals surface area (Å²) in [5, 5.41) is 18.8. The van der Waals surface area contributed by atoms with Crippen LogP contribution in [0.5, 0.6) is 0 Å². The van der Waals surface area contributed by atoms with Crippen molar-refractivity contribution >= 4 is 17.8 Å². The second kappa shape index (κ2) is 6.48. The van der Waals surface area contributed by atoms with E-state index >= 15 is 0 Å². The molecule has 0 bridgehead atoms. The molecule has 2 aliphatic heterocycles. The van der Waals surface area contributed by atoms with E-state index in [4.69, 9.17) is 5.11 Å². The highest BCUT2D eigenvalue weighted by Crippen LogP contribution is 2.43. The Hall–Kier alpha value is -2.41. The molecule has 0 saturated carbocycles. The van der Waals surface area contributed by atoms with Gasteiger partial charge in [-0.05, 0) is 18.1 Å². The molecule has 0 aliphatic carbocycles. The van der Waals surface area contributed by atoms with Crippen molar-refractivity contribution in [2.24, 2.45) is 11.3 Å². The number of hydrogen-bond donors (Lipinski definition) is 2. The van der Waals surface area contributed by atoms with Crippen LogP contribution in [0.15, 0.2) is 24.3 Å². The van der Waals surface area contributed by atoms with Crippen LogP contribution in [0.1, 0.15) is 18.1 Å². The van der Waals surface area contributed by atoms with Gasteiger partial charge in [0.15, 0.2) is 0 Å². The monoisotopic (exact) mass is 346 g/mol. The number of aliphatic hydroxyl groups is 1. The number of aliphatic carboxylic acids is 1. The summed E-state index contributed by atoms with van der Waals surface area (Å²) in [6.07, 6.45) is 0.153. The fourth-order valence-corrected chi connectivity index (χ4v) is 3.81. The number of rotatable bonds is 5. The van der Waals surface area contributed by atoms with Crippen LogP contribution in [-0.2, 0) is 27.4 Å². The van der Waals surface area contributed by atoms with Gasteiger partial charge in [-0.2, -0.15) is 0 Å². The lowest BCUT2D eigenvalue weighted by molar-refractivity contribution is -0.150. The van der Waals surface area contributed by atoms with Gasteiger partial charge in [-0.15, -0.1) is 0 Å². The average molecular weight is 346 g/mol. The van der Waals surface area contributed by atoms with Gasteiger partial charge in [0.1, 0.15) is 5.41 Å². The number of nitrogens with zero attached hydrogens (tertiary/aromatic N) is 2. The van der Waals surface area contributed by atoms with Gasteiger partial charge in [0.05, 0.1) is 18.9 Å². The van der Waals surface area contributed by atoms with Crippen molar-refractivity contribution in [3.63, 3.8) is 0 Å². The van der Waals surface area contributed by atoms with Crippen LogP contribution in [-0.4, -0.2) is 64.0 Å². The summed E-state index contributed by atoms with van der Waals surface area (Å²) in [6, 6.07) is 7.06. The molecule has 2 saturated heterocycles. The Bertz CT molecular complexity index is 702. The molecule has 7 nitrogen and oxygen atoms in total. The average Bonchev–Trinajstić information content (AvgIpc) is 3.12. The molecule has 134 valence electrons. The summed E-state index contributed by atoms with van der Waals surface area (Å²) >= 11 is 0. The second-order valence-corrected chi connectivity index (χ2v) is 6.79. The number of amides is 2. The standard InChI is InChI=1S/C18H22N2O5/c1-2-19-10-18(17(24)25)11-20(8-14(18)16(19)23)15(22)7-12-3-5-13(9-21)6-4-12/h3-6,14,21H,2,7-11H2,1H3,(H,24,25)/t14-,18+/m1/s1. The van der Waals surface area contributed by atoms with Gasteiger partial charge in [-0.3, -0.25) is 14.4 Å². The van der Waals surface area contributed by atoms with Crippen molar-refractivity contribution < 1.29 is 24.6 Å². The molecule has 25 heavy (non-hydrogen) atoms. The first-order valence-corrected chi connectivity index (χ1v) is 8.40. The largest absolute Gasteiger partial charge is 0.481 e. The van der Waals surface area contributed by atoms with Crippen molar-refractivity contribution in [2.75, 3.05) is 26.2 Å². The van der Waals surface area contributed by atoms with E-state index in [9.17, 15) is 19.5 Å². The third kappa shape index (κ3) is 2.89. The fourth-order valence-electron chi connectivity index (χ4n) is 3.81. The highest BCUT2D eigenvalue weighted by Gasteiger charge is 2.62. The number of carboxylic acid groups (broad SMARTS) is 1. The van der Waals surface area contributed by atoms with Gasteiger partial charge < -0.3 is 20.0 Å². The summed E-state index contributed by atoms with van der Waals surface area (Å²) in [5.41, 5.74) is 0.371. The van der Waals surface area contributed by atoms with Gasteiger partial charge in [-0.1, -0.05) is 24.3 Å². The molecule has 3 rings (SSSR count). The van der Waals surface area contributed by atoms with Crippen molar-refractivity contribution in [3.05, 3.63) is 35.4 Å². The molecule has 2 heterocycles. The molecule has 0 aromatic heterocycles. The summed E-state index contributed by atoms with van der Waals surface area (Å²) in [6.45, 7) is 2.65. The number of likely N-dealkylation sites (tertiary alicyclic amines) is 2. The lowest BCUT2D eigenvalue weighted by Crippen LogP contribution is -2.42. The molecule has 2 aliphatic rings. The normalized spacial score (nSPS) is 25.4. The number of carbonyl (C=O) groups is 3. The minimum Gasteiger partial charge on any atom is -0.481 e. The van der Waals surface area contributed by atoms with Crippen LogP contribution in [0.3, 0.4) is 0 Å². The van der Waals surface area contributed by atoms with E-state index in [1.807, 2.05) is 6.92 Å². The Balaban J connectivity index is 1.73. The quantitative estimate of drug-likeness (QED) is 0.789. The number of carbonyl (C=O) groups excluding carboxylic acids is 2. The first-order chi connectivity index (χ1) is 11.9. The zero-order chi connectivity index (χ0) is 18.2. The maximum absolute atomic E-state index is 12.6. The van der Waals surface area contributed by atoms with Gasteiger partial charge >= 0.3 is 5.97 Å². The van der Waals surface area contributed by atoms with E-state index in [1.165, 1.54) is 4.90 Å². The highest BCUT2D eigenvalue weighted by molar-refractivity contribution is 5.94. The molecule has 2 N–H and O–H groups in total. The van der Waals surface area contributed by atoms with Crippen LogP contribution in [0.2, 0.25) is 0 Å². The number of carboxylic acids is 1. The first kappa shape index (κ1) is 17.4. The minimum absolute atomic E-state index is 0.0563. The summed E-state index contributed by atoms with van der Waals surface area (Å²) in [4.78, 5) is 39.9. The smallest absolute Gasteiger partial charge is 0.314 e. The van der Waals surface area contributed by atoms with E-state index in [2.05, 4.69) is 0 Å². The maximum Gasteiger partial charge on any atom is 0.314 e. The number of hydrogen-bond acceptors (Lipinski definition) is 4. The van der Waals surface area contributed by atoms with Crippen LogP contribution in [0.25, 0.3) is 0 Å². The van der Waals surface area contributed by atoms with E-state index in [0.29, 0.717) is 6.54 Å². The SMILES string of the molecule is CCN1C[C@]2(C(=O)O)CN(C(=O)Cc3ccc(CO)cc3)C[C@@H]2C1=O. The minimum atomic E-state index is -1.19. The van der Waals surface area contributed by atoms with Crippen molar-refractivity contribution in [3.8, 4) is 0 Å². The van der Waals surface area contributed by atoms with Crippen LogP contribution in [0, 0.1) is 11.3 Å². The summed E-state index contributed by atoms with van der Waals surface area (Å²) in [5.74, 6) is -2.02. The molecular weight excluding hydrogens is 324 g/mol. The van der Waals surface area contributed by atoms with Gasteiger partial charge in [0.2, 0.25) is 11.8 Å². The van der Waals surface area contributed by atoms with Crippen molar-refractivity contribution in [2.45, 2.75) is 20.0 Å². The summed E-state index contributed by atoms with van der Waals surface area (Å²) < 4.78 is 0. The number of fused-ring (bicyclic) bond motifs is 1. The topological polar surface area (TPSA) is 98.2 Å². The number of aliphatic hydroxyl groups excluding tert-OH is 1. The van der Waals surface area contributed by atoms with Crippen LogP contribution in [0.4, 0.5) is 0 Å². The van der Waals surface area contributed by atoms with Crippen molar-refractivity contribution in [1.29, 1.82) is 0 Å². The lowest BCUT2D eigenvalue weighted by Gasteiger charge is -2.24. The second-order valence-electron chi connectivity index (χ2n) is 6.79. The first-order valence-electron chi connectivity index (χ1n) is 8.40. The van der Waals surface area contributed by atoms with E-state index in [0.717, 1.165) is 11.1 Å². The Morgan fingerprint density at radius 3 is 2.36 bits per heavy atom. The maximum atomic E-state index is 12.6. The zero-order valence-electron chi connectivity index (χ0n) is 14.1. The fraction of sp³-hybridized carbons (Fsp3) is 0.500. The van der Waals surface area contributed by atoms with Gasteiger partial charge in [0, 0.05) is 26.2 Å².